The van der Waals surface area contributed by atoms with Crippen LogP contribution in [0.1, 0.15) is 12.8 Å². The molecule has 0 atom stereocenters. The Morgan fingerprint density at radius 2 is 1.75 bits per heavy atom. The maximum atomic E-state index is 11.2. The number of piperidine rings is 1. The summed E-state index contributed by atoms with van der Waals surface area (Å²) in [5.41, 5.74) is 0.620. The van der Waals surface area contributed by atoms with Crippen molar-refractivity contribution in [3.8, 4) is 17.2 Å². The van der Waals surface area contributed by atoms with Gasteiger partial charge in [-0.3, -0.25) is 4.79 Å². The maximum absolute atomic E-state index is 11.2. The van der Waals surface area contributed by atoms with Gasteiger partial charge in [0, 0.05) is 27.2 Å². The lowest BCUT2D eigenvalue weighted by molar-refractivity contribution is -0.142. The predicted octanol–water partition coefficient (Wildman–Crippen LogP) is 2.02. The fourth-order valence-electron chi connectivity index (χ4n) is 3.51. The van der Waals surface area contributed by atoms with Crippen molar-refractivity contribution >= 4 is 28.6 Å². The number of carbonyl (C=O) groups is 1. The summed E-state index contributed by atoms with van der Waals surface area (Å²) < 4.78 is 16.6. The van der Waals surface area contributed by atoms with Crippen LogP contribution >= 0.6 is 0 Å². The first kappa shape index (κ1) is 19.8. The van der Waals surface area contributed by atoms with E-state index in [0.29, 0.717) is 54.6 Å². The minimum absolute atomic E-state index is 0.316. The Labute approximate surface area is 163 Å². The van der Waals surface area contributed by atoms with E-state index in [-0.39, 0.29) is 5.92 Å². The highest BCUT2D eigenvalue weighted by molar-refractivity contribution is 5.98. The second-order valence-electron chi connectivity index (χ2n) is 6.88. The van der Waals surface area contributed by atoms with Gasteiger partial charge in [0.25, 0.3) is 0 Å². The van der Waals surface area contributed by atoms with E-state index in [4.69, 9.17) is 24.2 Å². The van der Waals surface area contributed by atoms with Gasteiger partial charge in [0.2, 0.25) is 11.7 Å². The van der Waals surface area contributed by atoms with Crippen LogP contribution in [0.5, 0.6) is 17.2 Å². The van der Waals surface area contributed by atoms with Gasteiger partial charge in [-0.15, -0.1) is 0 Å². The molecule has 0 amide bonds. The molecule has 1 aliphatic rings. The number of anilines is 2. The van der Waals surface area contributed by atoms with E-state index in [9.17, 15) is 9.90 Å². The number of carboxylic acid groups (broad SMARTS) is 1. The highest BCUT2D eigenvalue weighted by atomic mass is 16.5. The second kappa shape index (κ2) is 7.95. The number of benzene rings is 1. The van der Waals surface area contributed by atoms with Crippen LogP contribution in [0.3, 0.4) is 0 Å². The average molecular weight is 390 g/mol. The van der Waals surface area contributed by atoms with Crippen LogP contribution in [0.4, 0.5) is 11.8 Å². The molecule has 1 saturated heterocycles. The van der Waals surface area contributed by atoms with Gasteiger partial charge >= 0.3 is 5.97 Å². The van der Waals surface area contributed by atoms with Gasteiger partial charge < -0.3 is 29.1 Å². The number of carboxylic acids is 1. The molecule has 152 valence electrons. The Kier molecular flexibility index (Phi) is 5.62. The predicted molar refractivity (Wildman–Crippen MR) is 106 cm³/mol. The van der Waals surface area contributed by atoms with Crippen molar-refractivity contribution in [2.45, 2.75) is 12.8 Å². The van der Waals surface area contributed by atoms with Gasteiger partial charge in [0.1, 0.15) is 11.3 Å². The Morgan fingerprint density at radius 1 is 1.11 bits per heavy atom. The Bertz CT molecular complexity index is 878. The van der Waals surface area contributed by atoms with Crippen LogP contribution in [0, 0.1) is 5.92 Å². The molecule has 0 spiro atoms. The number of rotatable bonds is 6. The fraction of sp³-hybridized carbons (Fsp3) is 0.526. The normalized spacial score (nSPS) is 14.8. The zero-order valence-corrected chi connectivity index (χ0v) is 16.9. The standard InChI is InChI=1S/C19H26N4O5/c1-22(2)17-12-10-13(26-3)15(27-4)16(28-5)14(12)20-19(21-17)23-8-6-11(7-9-23)18(24)25/h10-11H,6-9H2,1-5H3,(H,24,25). The SMILES string of the molecule is COc1cc2c(N(C)C)nc(N3CCC(C(=O)O)CC3)nc2c(OC)c1OC. The fourth-order valence-corrected chi connectivity index (χ4v) is 3.51. The Hall–Kier alpha value is -2.97. The topological polar surface area (TPSA) is 97.3 Å². The molecular weight excluding hydrogens is 364 g/mol. The van der Waals surface area contributed by atoms with Gasteiger partial charge in [0.15, 0.2) is 11.5 Å². The molecule has 0 unspecified atom stereocenters. The van der Waals surface area contributed by atoms with Crippen LogP contribution < -0.4 is 24.0 Å². The van der Waals surface area contributed by atoms with Gasteiger partial charge in [-0.25, -0.2) is 4.98 Å². The van der Waals surface area contributed by atoms with Crippen LogP contribution in [0.25, 0.3) is 10.9 Å². The first-order valence-corrected chi connectivity index (χ1v) is 9.07. The van der Waals surface area contributed by atoms with E-state index >= 15 is 0 Å². The monoisotopic (exact) mass is 390 g/mol. The highest BCUT2D eigenvalue weighted by Crippen LogP contribution is 2.45. The van der Waals surface area contributed by atoms with Crippen LogP contribution in [-0.4, -0.2) is 69.6 Å². The van der Waals surface area contributed by atoms with Crippen molar-refractivity contribution in [2.75, 3.05) is 58.3 Å². The molecule has 0 bridgehead atoms. The van der Waals surface area contributed by atoms with Crippen molar-refractivity contribution in [2.24, 2.45) is 5.92 Å². The minimum Gasteiger partial charge on any atom is -0.493 e. The number of aliphatic carboxylic acids is 1. The summed E-state index contributed by atoms with van der Waals surface area (Å²) in [6.45, 7) is 1.18. The number of nitrogens with zero attached hydrogens (tertiary/aromatic N) is 4. The number of fused-ring (bicyclic) bond motifs is 1. The minimum atomic E-state index is -0.744. The summed E-state index contributed by atoms with van der Waals surface area (Å²) in [6, 6.07) is 1.84. The third-order valence-electron chi connectivity index (χ3n) is 5.01. The third-order valence-corrected chi connectivity index (χ3v) is 5.01. The summed E-state index contributed by atoms with van der Waals surface area (Å²) in [4.78, 5) is 24.6. The lowest BCUT2D eigenvalue weighted by Gasteiger charge is -2.31. The zero-order valence-electron chi connectivity index (χ0n) is 16.9. The smallest absolute Gasteiger partial charge is 0.306 e. The average Bonchev–Trinajstić information content (AvgIpc) is 2.71. The lowest BCUT2D eigenvalue weighted by Crippen LogP contribution is -2.37. The summed E-state index contributed by atoms with van der Waals surface area (Å²) >= 11 is 0. The molecule has 28 heavy (non-hydrogen) atoms. The molecule has 2 heterocycles. The van der Waals surface area contributed by atoms with Crippen LogP contribution in [-0.2, 0) is 4.79 Å². The van der Waals surface area contributed by atoms with Gasteiger partial charge in [0.05, 0.1) is 32.6 Å². The van der Waals surface area contributed by atoms with Gasteiger partial charge in [-0.05, 0) is 18.9 Å². The molecular formula is C19H26N4O5. The first-order valence-electron chi connectivity index (χ1n) is 9.07. The number of hydrogen-bond donors (Lipinski definition) is 1. The Morgan fingerprint density at radius 3 is 2.25 bits per heavy atom. The van der Waals surface area contributed by atoms with E-state index in [1.807, 2.05) is 30.0 Å². The van der Waals surface area contributed by atoms with E-state index in [0.717, 1.165) is 11.2 Å². The molecule has 9 nitrogen and oxygen atoms in total. The lowest BCUT2D eigenvalue weighted by atomic mass is 9.97. The number of hydrogen-bond acceptors (Lipinski definition) is 8. The van der Waals surface area contributed by atoms with Crippen molar-refractivity contribution in [1.29, 1.82) is 0 Å². The number of ether oxygens (including phenoxy) is 3. The molecule has 1 aliphatic heterocycles. The molecule has 1 aromatic carbocycles. The molecule has 9 heteroatoms. The van der Waals surface area contributed by atoms with Crippen LogP contribution in [0.15, 0.2) is 6.07 Å². The molecule has 1 fully saturated rings. The summed E-state index contributed by atoms with van der Waals surface area (Å²) in [7, 11) is 8.50. The van der Waals surface area contributed by atoms with Gasteiger partial charge in [-0.1, -0.05) is 0 Å². The second-order valence-corrected chi connectivity index (χ2v) is 6.88. The number of methoxy groups -OCH3 is 3. The molecule has 0 saturated carbocycles. The van der Waals surface area contributed by atoms with E-state index < -0.39 is 5.97 Å². The third kappa shape index (κ3) is 3.44. The van der Waals surface area contributed by atoms with Crippen molar-refractivity contribution in [3.63, 3.8) is 0 Å². The summed E-state index contributed by atoms with van der Waals surface area (Å²) in [5.74, 6) is 1.69. The molecule has 1 aromatic heterocycles. The first-order chi connectivity index (χ1) is 13.4. The zero-order chi connectivity index (χ0) is 20.4. The van der Waals surface area contributed by atoms with E-state index in [1.54, 1.807) is 21.3 Å². The van der Waals surface area contributed by atoms with Gasteiger partial charge in [-0.2, -0.15) is 4.98 Å². The summed E-state index contributed by atoms with van der Waals surface area (Å²) in [5, 5.41) is 10.0. The van der Waals surface area contributed by atoms with E-state index in [1.165, 1.54) is 0 Å². The maximum Gasteiger partial charge on any atom is 0.306 e. The van der Waals surface area contributed by atoms with Crippen molar-refractivity contribution in [1.82, 2.24) is 9.97 Å². The molecule has 1 N–H and O–H groups in total. The molecule has 3 rings (SSSR count). The van der Waals surface area contributed by atoms with E-state index in [2.05, 4.69) is 0 Å². The molecule has 2 aromatic rings. The highest BCUT2D eigenvalue weighted by Gasteiger charge is 2.28. The summed E-state index contributed by atoms with van der Waals surface area (Å²) in [6.07, 6.45) is 1.13. The quantitative estimate of drug-likeness (QED) is 0.794. The molecule has 0 aliphatic carbocycles. The largest absolute Gasteiger partial charge is 0.493 e. The van der Waals surface area contributed by atoms with Crippen molar-refractivity contribution < 1.29 is 24.1 Å². The number of aromatic nitrogens is 2. The van der Waals surface area contributed by atoms with Crippen LogP contribution in [0.2, 0.25) is 0 Å². The Balaban J connectivity index is 2.14. The molecule has 0 radical (unpaired) electrons. The van der Waals surface area contributed by atoms with Crippen molar-refractivity contribution in [3.05, 3.63) is 6.07 Å².